The summed E-state index contributed by atoms with van der Waals surface area (Å²) in [5.74, 6) is -0.329. The first-order valence-electron chi connectivity index (χ1n) is 8.77. The summed E-state index contributed by atoms with van der Waals surface area (Å²) in [7, 11) is -3.76. The lowest BCUT2D eigenvalue weighted by Gasteiger charge is -2.23. The van der Waals surface area contributed by atoms with Gasteiger partial charge in [-0.2, -0.15) is 4.31 Å². The van der Waals surface area contributed by atoms with Crippen molar-refractivity contribution in [2.24, 2.45) is 0 Å². The number of nitrogens with zero attached hydrogens (tertiary/aromatic N) is 2. The highest BCUT2D eigenvalue weighted by atomic mass is 32.2. The Hall–Kier alpha value is -2.77. The van der Waals surface area contributed by atoms with Crippen molar-refractivity contribution in [2.45, 2.75) is 23.8 Å². The molecule has 4 rings (SSSR count). The van der Waals surface area contributed by atoms with E-state index in [0.717, 1.165) is 10.8 Å². The van der Waals surface area contributed by atoms with Gasteiger partial charge in [0.25, 0.3) is 0 Å². The van der Waals surface area contributed by atoms with Crippen molar-refractivity contribution < 1.29 is 13.2 Å². The van der Waals surface area contributed by atoms with Crippen LogP contribution in [0.1, 0.15) is 12.8 Å². The van der Waals surface area contributed by atoms with Gasteiger partial charge in [-0.05, 0) is 47.9 Å². The third kappa shape index (κ3) is 3.43. The fourth-order valence-electron chi connectivity index (χ4n) is 3.42. The summed E-state index contributed by atoms with van der Waals surface area (Å²) in [5, 5.41) is 4.59. The van der Waals surface area contributed by atoms with Gasteiger partial charge in [0.2, 0.25) is 15.9 Å². The second kappa shape index (κ2) is 7.09. The molecular formula is C20H19N3O3S. The first-order valence-corrected chi connectivity index (χ1v) is 10.2. The van der Waals surface area contributed by atoms with Crippen LogP contribution in [-0.4, -0.2) is 36.2 Å². The normalized spacial score (nSPS) is 17.9. The van der Waals surface area contributed by atoms with E-state index in [-0.39, 0.29) is 10.8 Å². The van der Waals surface area contributed by atoms with Gasteiger partial charge < -0.3 is 5.32 Å². The molecule has 1 fully saturated rings. The number of hydrogen-bond donors (Lipinski definition) is 1. The summed E-state index contributed by atoms with van der Waals surface area (Å²) in [4.78, 5) is 16.8. The van der Waals surface area contributed by atoms with Crippen LogP contribution in [0.5, 0.6) is 0 Å². The number of amides is 1. The fraction of sp³-hybridized carbons (Fsp3) is 0.200. The molecule has 0 radical (unpaired) electrons. The SMILES string of the molecule is O=C(Nc1cccnc1)[C@@H]1CCCN1S(=O)(=O)c1ccc2ccccc2c1. The Morgan fingerprint density at radius 2 is 1.89 bits per heavy atom. The number of aromatic nitrogens is 1. The van der Waals surface area contributed by atoms with E-state index in [0.29, 0.717) is 25.1 Å². The van der Waals surface area contributed by atoms with Gasteiger partial charge >= 0.3 is 0 Å². The molecule has 2 heterocycles. The average molecular weight is 381 g/mol. The van der Waals surface area contributed by atoms with E-state index in [4.69, 9.17) is 0 Å². The molecule has 27 heavy (non-hydrogen) atoms. The van der Waals surface area contributed by atoms with E-state index in [1.165, 1.54) is 10.5 Å². The minimum atomic E-state index is -3.76. The van der Waals surface area contributed by atoms with Crippen LogP contribution in [0.4, 0.5) is 5.69 Å². The maximum Gasteiger partial charge on any atom is 0.243 e. The summed E-state index contributed by atoms with van der Waals surface area (Å²) in [5.41, 5.74) is 0.553. The van der Waals surface area contributed by atoms with Crippen molar-refractivity contribution in [2.75, 3.05) is 11.9 Å². The zero-order valence-corrected chi connectivity index (χ0v) is 15.4. The maximum absolute atomic E-state index is 13.2. The molecule has 1 aliphatic rings. The van der Waals surface area contributed by atoms with E-state index < -0.39 is 16.1 Å². The molecule has 0 bridgehead atoms. The summed E-state index contributed by atoms with van der Waals surface area (Å²) >= 11 is 0. The Balaban J connectivity index is 1.62. The van der Waals surface area contributed by atoms with Gasteiger partial charge in [-0.15, -0.1) is 0 Å². The van der Waals surface area contributed by atoms with E-state index in [1.807, 2.05) is 24.3 Å². The highest BCUT2D eigenvalue weighted by molar-refractivity contribution is 7.89. The average Bonchev–Trinajstić information content (AvgIpc) is 3.19. The Kier molecular flexibility index (Phi) is 4.63. The highest BCUT2D eigenvalue weighted by Crippen LogP contribution is 2.28. The Bertz CT molecular complexity index is 1080. The summed E-state index contributed by atoms with van der Waals surface area (Å²) in [6.07, 6.45) is 4.30. The lowest BCUT2D eigenvalue weighted by molar-refractivity contribution is -0.119. The lowest BCUT2D eigenvalue weighted by atomic mass is 10.1. The molecule has 0 unspecified atom stereocenters. The van der Waals surface area contributed by atoms with Gasteiger partial charge in [-0.25, -0.2) is 8.42 Å². The number of hydrogen-bond acceptors (Lipinski definition) is 4. The van der Waals surface area contributed by atoms with Crippen LogP contribution in [0.15, 0.2) is 71.9 Å². The molecule has 138 valence electrons. The molecule has 7 heteroatoms. The number of anilines is 1. The molecule has 1 saturated heterocycles. The minimum absolute atomic E-state index is 0.210. The van der Waals surface area contributed by atoms with Gasteiger partial charge in [-0.1, -0.05) is 30.3 Å². The second-order valence-corrected chi connectivity index (χ2v) is 8.40. The molecule has 3 aromatic rings. The Morgan fingerprint density at radius 1 is 1.07 bits per heavy atom. The highest BCUT2D eigenvalue weighted by Gasteiger charge is 2.39. The molecule has 6 nitrogen and oxygen atoms in total. The van der Waals surface area contributed by atoms with E-state index in [9.17, 15) is 13.2 Å². The van der Waals surface area contributed by atoms with Gasteiger partial charge in [0, 0.05) is 12.7 Å². The number of benzene rings is 2. The molecule has 1 amide bonds. The van der Waals surface area contributed by atoms with Crippen LogP contribution in [0, 0.1) is 0 Å². The Morgan fingerprint density at radius 3 is 2.67 bits per heavy atom. The number of sulfonamides is 1. The van der Waals surface area contributed by atoms with Crippen LogP contribution >= 0.6 is 0 Å². The number of nitrogens with one attached hydrogen (secondary N) is 1. The second-order valence-electron chi connectivity index (χ2n) is 6.51. The first-order chi connectivity index (χ1) is 13.1. The van der Waals surface area contributed by atoms with E-state index >= 15 is 0 Å². The van der Waals surface area contributed by atoms with Crippen LogP contribution in [0.25, 0.3) is 10.8 Å². The number of rotatable bonds is 4. The predicted molar refractivity (Wildman–Crippen MR) is 104 cm³/mol. The number of pyridine rings is 1. The van der Waals surface area contributed by atoms with E-state index in [1.54, 1.807) is 36.5 Å². The molecule has 0 spiro atoms. The smallest absolute Gasteiger partial charge is 0.243 e. The van der Waals surface area contributed by atoms with Crippen LogP contribution in [0.2, 0.25) is 0 Å². The standard InChI is InChI=1S/C20H19N3O3S/c24-20(22-17-7-3-11-21-14-17)19-8-4-12-23(19)27(25,26)18-10-9-15-5-1-2-6-16(15)13-18/h1-3,5-7,9-11,13-14,19H,4,8,12H2,(H,22,24)/t19-/m0/s1. The zero-order valence-electron chi connectivity index (χ0n) is 14.6. The molecule has 1 aliphatic heterocycles. The monoisotopic (exact) mass is 381 g/mol. The third-order valence-corrected chi connectivity index (χ3v) is 6.67. The lowest BCUT2D eigenvalue weighted by Crippen LogP contribution is -2.43. The summed E-state index contributed by atoms with van der Waals surface area (Å²) in [6.45, 7) is 0.334. The molecule has 0 aliphatic carbocycles. The Labute approximate surface area is 157 Å². The van der Waals surface area contributed by atoms with Gasteiger partial charge in [0.05, 0.1) is 16.8 Å². The van der Waals surface area contributed by atoms with Crippen LogP contribution in [-0.2, 0) is 14.8 Å². The van der Waals surface area contributed by atoms with Crippen LogP contribution < -0.4 is 5.32 Å². The van der Waals surface area contributed by atoms with Crippen molar-refractivity contribution in [3.63, 3.8) is 0 Å². The van der Waals surface area contributed by atoms with Gasteiger partial charge in [-0.3, -0.25) is 9.78 Å². The van der Waals surface area contributed by atoms with Gasteiger partial charge in [0.15, 0.2) is 0 Å². The summed E-state index contributed by atoms with van der Waals surface area (Å²) in [6, 6.07) is 15.4. The molecule has 0 saturated carbocycles. The van der Waals surface area contributed by atoms with Crippen molar-refractivity contribution >= 4 is 32.4 Å². The fourth-order valence-corrected chi connectivity index (χ4v) is 5.11. The van der Waals surface area contributed by atoms with Crippen LogP contribution in [0.3, 0.4) is 0 Å². The topological polar surface area (TPSA) is 79.4 Å². The zero-order chi connectivity index (χ0) is 18.9. The molecular weight excluding hydrogens is 362 g/mol. The molecule has 1 aromatic heterocycles. The van der Waals surface area contributed by atoms with Crippen molar-refractivity contribution in [1.29, 1.82) is 0 Å². The number of carbonyl (C=O) groups is 1. The number of fused-ring (bicyclic) bond motifs is 1. The largest absolute Gasteiger partial charge is 0.323 e. The molecule has 1 atom stereocenters. The predicted octanol–water partition coefficient (Wildman–Crippen LogP) is 3.03. The van der Waals surface area contributed by atoms with E-state index in [2.05, 4.69) is 10.3 Å². The minimum Gasteiger partial charge on any atom is -0.323 e. The maximum atomic E-state index is 13.2. The van der Waals surface area contributed by atoms with Crippen molar-refractivity contribution in [3.05, 3.63) is 67.0 Å². The quantitative estimate of drug-likeness (QED) is 0.753. The van der Waals surface area contributed by atoms with Crippen molar-refractivity contribution in [1.82, 2.24) is 9.29 Å². The summed E-state index contributed by atoms with van der Waals surface area (Å²) < 4.78 is 27.7. The molecule has 2 aromatic carbocycles. The first kappa shape index (κ1) is 17.6. The number of carbonyl (C=O) groups excluding carboxylic acids is 1. The molecule has 1 N–H and O–H groups in total. The van der Waals surface area contributed by atoms with Gasteiger partial charge in [0.1, 0.15) is 6.04 Å². The van der Waals surface area contributed by atoms with Crippen molar-refractivity contribution in [3.8, 4) is 0 Å². The third-order valence-electron chi connectivity index (χ3n) is 4.76.